The van der Waals surface area contributed by atoms with Crippen LogP contribution in [-0.2, 0) is 6.18 Å². The van der Waals surface area contributed by atoms with E-state index >= 15 is 0 Å². The monoisotopic (exact) mass is 438 g/mol. The van der Waals surface area contributed by atoms with Crippen LogP contribution in [0.25, 0.3) is 0 Å². The third-order valence-corrected chi connectivity index (χ3v) is 5.98. The second kappa shape index (κ2) is 7.38. The molecule has 1 aromatic heterocycles. The van der Waals surface area contributed by atoms with Crippen molar-refractivity contribution in [3.8, 4) is 0 Å². The maximum absolute atomic E-state index is 13.3. The second-order valence-corrected chi connectivity index (χ2v) is 8.11. The minimum absolute atomic E-state index is 0.0204. The highest BCUT2D eigenvalue weighted by Gasteiger charge is 2.44. The lowest BCUT2D eigenvalue weighted by Crippen LogP contribution is -2.40. The van der Waals surface area contributed by atoms with Crippen molar-refractivity contribution in [2.24, 2.45) is 0 Å². The number of fused-ring (bicyclic) bond motifs is 1. The fourth-order valence-electron chi connectivity index (χ4n) is 3.04. The average molecular weight is 439 g/mol. The molecule has 0 spiro atoms. The van der Waals surface area contributed by atoms with E-state index in [1.807, 2.05) is 19.1 Å². The number of hydrogen-bond donors (Lipinski definition) is 1. The molecule has 0 saturated carbocycles. The Kier molecular flexibility index (Phi) is 5.04. The van der Waals surface area contributed by atoms with Gasteiger partial charge >= 0.3 is 6.18 Å². The van der Waals surface area contributed by atoms with Crippen LogP contribution in [0.3, 0.4) is 0 Å². The number of benzene rings is 2. The number of nitrogens with one attached hydrogen (secondary N) is 1. The average Bonchev–Trinajstić information content (AvgIpc) is 3.11. The highest BCUT2D eigenvalue weighted by molar-refractivity contribution is 8.00. The van der Waals surface area contributed by atoms with E-state index in [-0.39, 0.29) is 10.9 Å². The number of rotatable bonds is 3. The van der Waals surface area contributed by atoms with Crippen LogP contribution in [0.1, 0.15) is 33.4 Å². The number of aromatic nitrogens is 3. The predicted molar refractivity (Wildman–Crippen MR) is 104 cm³/mol. The number of thioether (sulfide) groups is 1. The molecule has 10 heteroatoms. The lowest BCUT2D eigenvalue weighted by atomic mass is 9.97. The summed E-state index contributed by atoms with van der Waals surface area (Å²) >= 11 is 6.89. The molecule has 0 radical (unpaired) electrons. The Labute approximate surface area is 173 Å². The minimum Gasteiger partial charge on any atom is -0.313 e. The number of nitrogens with zero attached hydrogens (tertiary/aromatic N) is 3. The zero-order valence-electron chi connectivity index (χ0n) is 14.9. The summed E-state index contributed by atoms with van der Waals surface area (Å²) < 4.78 is 40.7. The summed E-state index contributed by atoms with van der Waals surface area (Å²) in [6.07, 6.45) is -4.68. The topological polar surface area (TPSA) is 59.8 Å². The molecular formula is C19H14ClF3N4OS. The van der Waals surface area contributed by atoms with Gasteiger partial charge in [0.15, 0.2) is 5.78 Å². The summed E-state index contributed by atoms with van der Waals surface area (Å²) in [5, 5.41) is 6.61. The SMILES string of the molecule is Cc1ccc(C(=O)[C@@H]2Sc3nnc(C(F)(F)F)n3N[C@H]2c2ccc(Cl)cc2)cc1. The summed E-state index contributed by atoms with van der Waals surface area (Å²) in [6.45, 7) is 1.91. The maximum Gasteiger partial charge on any atom is 0.453 e. The van der Waals surface area contributed by atoms with Crippen LogP contribution in [0.15, 0.2) is 53.7 Å². The van der Waals surface area contributed by atoms with Crippen molar-refractivity contribution in [3.63, 3.8) is 0 Å². The Hall–Kier alpha value is -2.52. The first-order valence-corrected chi connectivity index (χ1v) is 9.82. The summed E-state index contributed by atoms with van der Waals surface area (Å²) in [6, 6.07) is 12.9. The van der Waals surface area contributed by atoms with Gasteiger partial charge in [-0.2, -0.15) is 13.2 Å². The number of Topliss-reactive ketones (excluding diaryl/α,β-unsaturated/α-hetero) is 1. The van der Waals surface area contributed by atoms with Gasteiger partial charge in [-0.1, -0.05) is 65.3 Å². The molecule has 150 valence electrons. The van der Waals surface area contributed by atoms with Crippen LogP contribution >= 0.6 is 23.4 Å². The molecule has 0 fully saturated rings. The number of hydrogen-bond acceptors (Lipinski definition) is 5. The summed E-state index contributed by atoms with van der Waals surface area (Å²) in [5.74, 6) is -1.38. The van der Waals surface area contributed by atoms with Gasteiger partial charge in [0.05, 0.1) is 6.04 Å². The van der Waals surface area contributed by atoms with E-state index in [0.29, 0.717) is 16.1 Å². The molecule has 1 aliphatic heterocycles. The smallest absolute Gasteiger partial charge is 0.313 e. The van der Waals surface area contributed by atoms with Gasteiger partial charge in [-0.15, -0.1) is 10.2 Å². The summed E-state index contributed by atoms with van der Waals surface area (Å²) in [5.41, 5.74) is 4.88. The van der Waals surface area contributed by atoms with E-state index in [9.17, 15) is 18.0 Å². The predicted octanol–water partition coefficient (Wildman–Crippen LogP) is 4.90. The molecule has 0 saturated heterocycles. The van der Waals surface area contributed by atoms with Gasteiger partial charge in [0, 0.05) is 10.6 Å². The first-order valence-electron chi connectivity index (χ1n) is 8.56. The third-order valence-electron chi connectivity index (χ3n) is 4.51. The molecule has 0 bridgehead atoms. The van der Waals surface area contributed by atoms with Crippen molar-refractivity contribution >= 4 is 29.1 Å². The Balaban J connectivity index is 1.77. The largest absolute Gasteiger partial charge is 0.453 e. The number of carbonyl (C=O) groups excluding carboxylic acids is 1. The molecule has 2 atom stereocenters. The fourth-order valence-corrected chi connectivity index (χ4v) is 4.32. The van der Waals surface area contributed by atoms with Crippen molar-refractivity contribution < 1.29 is 18.0 Å². The van der Waals surface area contributed by atoms with Gasteiger partial charge in [-0.3, -0.25) is 4.79 Å². The second-order valence-electron chi connectivity index (χ2n) is 6.57. The summed E-state index contributed by atoms with van der Waals surface area (Å²) in [7, 11) is 0. The van der Waals surface area contributed by atoms with E-state index in [1.165, 1.54) is 0 Å². The Morgan fingerprint density at radius 2 is 1.76 bits per heavy atom. The normalized spacial score (nSPS) is 18.8. The van der Waals surface area contributed by atoms with Gasteiger partial charge in [0.25, 0.3) is 5.82 Å². The number of ketones is 1. The van der Waals surface area contributed by atoms with Gasteiger partial charge in [-0.25, -0.2) is 4.68 Å². The molecule has 0 unspecified atom stereocenters. The Bertz CT molecular complexity index is 1050. The Morgan fingerprint density at radius 1 is 1.10 bits per heavy atom. The van der Waals surface area contributed by atoms with Crippen LogP contribution in [0.4, 0.5) is 13.2 Å². The zero-order chi connectivity index (χ0) is 20.8. The van der Waals surface area contributed by atoms with E-state index in [1.54, 1.807) is 36.4 Å². The quantitative estimate of drug-likeness (QED) is 0.589. The van der Waals surface area contributed by atoms with Gasteiger partial charge < -0.3 is 5.43 Å². The first kappa shape index (κ1) is 19.8. The molecule has 3 aromatic rings. The molecule has 0 amide bonds. The van der Waals surface area contributed by atoms with E-state index in [4.69, 9.17) is 11.6 Å². The number of halogens is 4. The van der Waals surface area contributed by atoms with Gasteiger partial charge in [0.2, 0.25) is 5.16 Å². The van der Waals surface area contributed by atoms with Crippen molar-refractivity contribution in [1.29, 1.82) is 0 Å². The molecule has 29 heavy (non-hydrogen) atoms. The highest BCUT2D eigenvalue weighted by Crippen LogP contribution is 2.41. The fraction of sp³-hybridized carbons (Fsp3) is 0.211. The maximum atomic E-state index is 13.3. The standard InChI is InChI=1S/C19H14ClF3N4OS/c1-10-2-4-12(5-3-10)15(28)16-14(11-6-8-13(20)9-7-11)26-27-17(19(21,22)23)24-25-18(27)29-16/h2-9,14,16,26H,1H3/t14-,16+/m0/s1. The van der Waals surface area contributed by atoms with E-state index in [2.05, 4.69) is 15.6 Å². The van der Waals surface area contributed by atoms with Crippen molar-refractivity contribution in [3.05, 3.63) is 76.1 Å². The molecule has 2 heterocycles. The molecule has 1 aliphatic rings. The number of aryl methyl sites for hydroxylation is 1. The first-order chi connectivity index (χ1) is 13.7. The molecule has 1 N–H and O–H groups in total. The lowest BCUT2D eigenvalue weighted by Gasteiger charge is -2.33. The van der Waals surface area contributed by atoms with Crippen LogP contribution < -0.4 is 5.43 Å². The van der Waals surface area contributed by atoms with E-state index < -0.39 is 23.3 Å². The highest BCUT2D eigenvalue weighted by atomic mass is 35.5. The van der Waals surface area contributed by atoms with Gasteiger partial charge in [0.1, 0.15) is 5.25 Å². The molecule has 5 nitrogen and oxygen atoms in total. The van der Waals surface area contributed by atoms with Crippen molar-refractivity contribution in [2.75, 3.05) is 5.43 Å². The third kappa shape index (κ3) is 3.84. The molecular weight excluding hydrogens is 425 g/mol. The lowest BCUT2D eigenvalue weighted by molar-refractivity contribution is -0.147. The molecule has 2 aromatic carbocycles. The molecule has 0 aliphatic carbocycles. The summed E-state index contributed by atoms with van der Waals surface area (Å²) in [4.78, 5) is 13.2. The number of carbonyl (C=O) groups is 1. The number of alkyl halides is 3. The van der Waals surface area contributed by atoms with Gasteiger partial charge in [-0.05, 0) is 24.6 Å². The van der Waals surface area contributed by atoms with Crippen LogP contribution in [0, 0.1) is 6.92 Å². The van der Waals surface area contributed by atoms with E-state index in [0.717, 1.165) is 22.0 Å². The zero-order valence-corrected chi connectivity index (χ0v) is 16.5. The van der Waals surface area contributed by atoms with Crippen molar-refractivity contribution in [2.45, 2.75) is 29.5 Å². The molecule has 4 rings (SSSR count). The van der Waals surface area contributed by atoms with Crippen LogP contribution in [0.5, 0.6) is 0 Å². The van der Waals surface area contributed by atoms with Crippen molar-refractivity contribution in [1.82, 2.24) is 14.9 Å². The van der Waals surface area contributed by atoms with Crippen LogP contribution in [-0.4, -0.2) is 25.9 Å². The minimum atomic E-state index is -4.68. The van der Waals surface area contributed by atoms with Crippen LogP contribution in [0.2, 0.25) is 5.02 Å². The Morgan fingerprint density at radius 3 is 2.38 bits per heavy atom.